The van der Waals surface area contributed by atoms with Gasteiger partial charge >= 0.3 is 0 Å². The van der Waals surface area contributed by atoms with Crippen LogP contribution in [-0.2, 0) is 19.4 Å². The second-order valence-corrected chi connectivity index (χ2v) is 10.7. The number of fused-ring (bicyclic) bond motifs is 1. The maximum atomic E-state index is 4.55. The van der Waals surface area contributed by atoms with E-state index in [0.29, 0.717) is 5.92 Å². The van der Waals surface area contributed by atoms with Crippen molar-refractivity contribution in [3.8, 4) is 0 Å². The van der Waals surface area contributed by atoms with Crippen LogP contribution in [0.1, 0.15) is 87.1 Å². The Bertz CT molecular complexity index is 1160. The summed E-state index contributed by atoms with van der Waals surface area (Å²) in [5, 5.41) is 3.52. The van der Waals surface area contributed by atoms with Crippen LogP contribution >= 0.6 is 0 Å². The molecule has 1 unspecified atom stereocenters. The molecule has 0 amide bonds. The molecule has 0 saturated carbocycles. The predicted octanol–water partition coefficient (Wildman–Crippen LogP) is 9.43. The maximum Gasteiger partial charge on any atom is 0.0397 e. The number of hydrogen-bond donors (Lipinski definition) is 1. The lowest BCUT2D eigenvalue weighted by atomic mass is 9.78. The lowest BCUT2D eigenvalue weighted by molar-refractivity contribution is 0.202. The fourth-order valence-corrected chi connectivity index (χ4v) is 6.00. The molecule has 2 heteroatoms. The van der Waals surface area contributed by atoms with Crippen LogP contribution in [0.5, 0.6) is 0 Å². The van der Waals surface area contributed by atoms with E-state index >= 15 is 0 Å². The minimum absolute atomic E-state index is 0.610. The first-order valence-electron chi connectivity index (χ1n) is 15.7. The molecule has 2 aliphatic rings. The van der Waals surface area contributed by atoms with Crippen molar-refractivity contribution >= 4 is 5.57 Å². The molecule has 0 bridgehead atoms. The smallest absolute Gasteiger partial charge is 0.0397 e. The molecule has 1 N–H and O–H groups in total. The molecule has 0 radical (unpaired) electrons. The van der Waals surface area contributed by atoms with Crippen LogP contribution < -0.4 is 5.32 Å². The highest BCUT2D eigenvalue weighted by molar-refractivity contribution is 5.70. The van der Waals surface area contributed by atoms with Crippen molar-refractivity contribution < 1.29 is 0 Å². The van der Waals surface area contributed by atoms with E-state index in [0.717, 1.165) is 31.0 Å². The predicted molar refractivity (Wildman–Crippen MR) is 176 cm³/mol. The van der Waals surface area contributed by atoms with Crippen LogP contribution in [0, 0.1) is 5.92 Å². The van der Waals surface area contributed by atoms with E-state index in [-0.39, 0.29) is 0 Å². The van der Waals surface area contributed by atoms with E-state index in [9.17, 15) is 0 Å². The van der Waals surface area contributed by atoms with Crippen molar-refractivity contribution in [1.29, 1.82) is 0 Å². The first kappa shape index (κ1) is 31.4. The summed E-state index contributed by atoms with van der Waals surface area (Å²) in [6, 6.07) is 28.6. The number of hydrogen-bond acceptors (Lipinski definition) is 2. The molecular formula is C38H52N2. The number of aryl methyl sites for hydroxylation is 1. The number of allylic oxidation sites excluding steroid dienone is 2. The normalized spacial score (nSPS) is 17.0. The lowest BCUT2D eigenvalue weighted by Crippen LogP contribution is -2.34. The minimum Gasteiger partial charge on any atom is -0.384 e. The quantitative estimate of drug-likeness (QED) is 0.293. The zero-order chi connectivity index (χ0) is 28.7. The summed E-state index contributed by atoms with van der Waals surface area (Å²) in [5.74, 6) is 1.34. The largest absolute Gasteiger partial charge is 0.384 e. The molecule has 3 aromatic carbocycles. The molecule has 214 valence electrons. The fourth-order valence-electron chi connectivity index (χ4n) is 6.00. The van der Waals surface area contributed by atoms with Crippen LogP contribution in [0.25, 0.3) is 5.57 Å². The maximum absolute atomic E-state index is 4.55. The first-order valence-corrected chi connectivity index (χ1v) is 15.7. The number of likely N-dealkylation sites (tertiary alicyclic amines) is 1. The van der Waals surface area contributed by atoms with Crippen LogP contribution in [0.15, 0.2) is 97.7 Å². The van der Waals surface area contributed by atoms with Crippen LogP contribution in [0.4, 0.5) is 0 Å². The number of piperidine rings is 1. The van der Waals surface area contributed by atoms with Crippen LogP contribution in [0.2, 0.25) is 0 Å². The first-order chi connectivity index (χ1) is 19.7. The highest BCUT2D eigenvalue weighted by atomic mass is 15.1. The summed E-state index contributed by atoms with van der Waals surface area (Å²) < 4.78 is 0. The summed E-state index contributed by atoms with van der Waals surface area (Å²) in [6.45, 7) is 21.3. The number of rotatable bonds is 9. The van der Waals surface area contributed by atoms with Gasteiger partial charge in [0.1, 0.15) is 0 Å². The Morgan fingerprint density at radius 1 is 0.825 bits per heavy atom. The summed E-state index contributed by atoms with van der Waals surface area (Å²) in [6.07, 6.45) is 7.06. The molecule has 3 aromatic rings. The Morgan fingerprint density at radius 2 is 1.48 bits per heavy atom. The number of nitrogens with zero attached hydrogens (tertiary/aromatic N) is 1. The molecule has 1 heterocycles. The molecule has 40 heavy (non-hydrogen) atoms. The molecule has 1 aliphatic heterocycles. The molecule has 1 saturated heterocycles. The zero-order valence-electron chi connectivity index (χ0n) is 25.6. The van der Waals surface area contributed by atoms with Gasteiger partial charge in [-0.1, -0.05) is 120 Å². The third kappa shape index (κ3) is 8.96. The average Bonchev–Trinajstić information content (AvgIpc) is 3.03. The fraction of sp³-hybridized carbons (Fsp3) is 0.421. The third-order valence-corrected chi connectivity index (χ3v) is 8.23. The van der Waals surface area contributed by atoms with E-state index in [1.54, 1.807) is 0 Å². The number of nitrogens with one attached hydrogen (secondary N) is 1. The van der Waals surface area contributed by atoms with Gasteiger partial charge in [0, 0.05) is 18.7 Å². The molecule has 2 nitrogen and oxygen atoms in total. The van der Waals surface area contributed by atoms with E-state index in [1.165, 1.54) is 78.7 Å². The average molecular weight is 537 g/mol. The highest BCUT2D eigenvalue weighted by Crippen LogP contribution is 2.37. The van der Waals surface area contributed by atoms with Crippen molar-refractivity contribution in [1.82, 2.24) is 10.2 Å². The second-order valence-electron chi connectivity index (χ2n) is 10.7. The van der Waals surface area contributed by atoms with Gasteiger partial charge < -0.3 is 10.2 Å². The molecule has 1 atom stereocenters. The van der Waals surface area contributed by atoms with Gasteiger partial charge in [0.25, 0.3) is 0 Å². The summed E-state index contributed by atoms with van der Waals surface area (Å²) in [4.78, 5) is 2.68. The van der Waals surface area contributed by atoms with Gasteiger partial charge in [0.15, 0.2) is 0 Å². The Morgan fingerprint density at radius 3 is 2.15 bits per heavy atom. The molecule has 1 aliphatic carbocycles. The van der Waals surface area contributed by atoms with Crippen molar-refractivity contribution in [3.63, 3.8) is 0 Å². The highest BCUT2D eigenvalue weighted by Gasteiger charge is 2.25. The van der Waals surface area contributed by atoms with Gasteiger partial charge in [-0.25, -0.2) is 0 Å². The third-order valence-electron chi connectivity index (χ3n) is 8.23. The topological polar surface area (TPSA) is 15.3 Å². The Hall–Kier alpha value is -3.10. The van der Waals surface area contributed by atoms with Gasteiger partial charge in [-0.15, -0.1) is 0 Å². The standard InChI is InChI=1S/C34H40N2.2C2H6/c1-26(23-28-9-5-3-6-10-28)35-25-29-13-16-34-27(2)30(14-15-33(34)24-29)17-20-36-21-18-32(19-22-36)31-11-7-4-8-12-31;2*1-2/h3-13,16,24,30,32,35H,1-2,14-15,17-23,25H2;2*1-2H3. The SMILES string of the molecule is C=C(Cc1ccccc1)NCc1ccc2c(c1)CCC(CCN1CCC(c3ccccc3)CC1)C2=C.CC.CC. The number of benzene rings is 3. The van der Waals surface area contributed by atoms with E-state index in [1.807, 2.05) is 27.7 Å². The van der Waals surface area contributed by atoms with Crippen LogP contribution in [0.3, 0.4) is 0 Å². The summed E-state index contributed by atoms with van der Waals surface area (Å²) in [7, 11) is 0. The van der Waals surface area contributed by atoms with Gasteiger partial charge in [-0.05, 0) is 97.0 Å². The molecule has 5 rings (SSSR count). The summed E-state index contributed by atoms with van der Waals surface area (Å²) >= 11 is 0. The zero-order valence-corrected chi connectivity index (χ0v) is 25.6. The minimum atomic E-state index is 0.610. The summed E-state index contributed by atoms with van der Waals surface area (Å²) in [5.41, 5.74) is 9.41. The molecule has 1 fully saturated rings. The van der Waals surface area contributed by atoms with E-state index in [4.69, 9.17) is 0 Å². The van der Waals surface area contributed by atoms with Crippen molar-refractivity contribution in [3.05, 3.63) is 126 Å². The van der Waals surface area contributed by atoms with Crippen molar-refractivity contribution in [2.75, 3.05) is 19.6 Å². The van der Waals surface area contributed by atoms with Gasteiger partial charge in [0.05, 0.1) is 0 Å². The second kappa shape index (κ2) is 16.9. The molecular weight excluding hydrogens is 484 g/mol. The van der Waals surface area contributed by atoms with Crippen LogP contribution in [-0.4, -0.2) is 24.5 Å². The van der Waals surface area contributed by atoms with Gasteiger partial charge in [0.2, 0.25) is 0 Å². The Labute approximate surface area is 245 Å². The monoisotopic (exact) mass is 536 g/mol. The lowest BCUT2D eigenvalue weighted by Gasteiger charge is -2.34. The van der Waals surface area contributed by atoms with Gasteiger partial charge in [-0.2, -0.15) is 0 Å². The molecule has 0 aromatic heterocycles. The van der Waals surface area contributed by atoms with Crippen molar-refractivity contribution in [2.45, 2.75) is 78.7 Å². The Kier molecular flexibility index (Phi) is 13.3. The Balaban J connectivity index is 0.00000106. The van der Waals surface area contributed by atoms with Crippen molar-refractivity contribution in [2.24, 2.45) is 5.92 Å². The molecule has 0 spiro atoms. The van der Waals surface area contributed by atoms with E-state index < -0.39 is 0 Å². The van der Waals surface area contributed by atoms with E-state index in [2.05, 4.69) is 102 Å². The van der Waals surface area contributed by atoms with Gasteiger partial charge in [-0.3, -0.25) is 0 Å².